The minimum Gasteiger partial charge on any atom is -1.00 e. The van der Waals surface area contributed by atoms with Gasteiger partial charge in [0.25, 0.3) is 0 Å². The summed E-state index contributed by atoms with van der Waals surface area (Å²) in [6.07, 6.45) is 0. The molecule has 6 aromatic carbocycles. The van der Waals surface area contributed by atoms with Gasteiger partial charge in [0.2, 0.25) is 0 Å². The van der Waals surface area contributed by atoms with Crippen LogP contribution >= 0.6 is 0 Å². The predicted octanol–water partition coefficient (Wildman–Crippen LogP) is 4.24. The molecule has 0 fully saturated rings. The molecule has 5 heteroatoms. The Labute approximate surface area is 280 Å². The monoisotopic (exact) mass is 634 g/mol. The third-order valence-corrected chi connectivity index (χ3v) is 8.47. The average molecular weight is 635 g/mol. The first-order valence-corrected chi connectivity index (χ1v) is 14.0. The number of halogens is 2. The van der Waals surface area contributed by atoms with Gasteiger partial charge in [-0.25, -0.2) is 0 Å². The van der Waals surface area contributed by atoms with Gasteiger partial charge in [0, 0.05) is 22.4 Å². The van der Waals surface area contributed by atoms with E-state index in [-0.39, 0.29) is 46.5 Å². The number of hydrogen-bond donors (Lipinski definition) is 0. The van der Waals surface area contributed by atoms with Crippen molar-refractivity contribution >= 4 is 43.6 Å². The summed E-state index contributed by atoms with van der Waals surface area (Å²) in [5.41, 5.74) is 13.2. The van der Waals surface area contributed by atoms with Gasteiger partial charge in [0.05, 0.1) is 0 Å². The maximum atomic E-state index is 2.38. The first-order valence-electron chi connectivity index (χ1n) is 14.0. The third-order valence-electron chi connectivity index (χ3n) is 8.47. The second-order valence-corrected chi connectivity index (χ2v) is 10.8. The van der Waals surface area contributed by atoms with Crippen molar-refractivity contribution in [2.45, 2.75) is 27.7 Å². The molecular weight excluding hydrogens is 603 g/mol. The number of rotatable bonds is 2. The van der Waals surface area contributed by atoms with Crippen LogP contribution in [0.2, 0.25) is 0 Å². The molecule has 0 amide bonds. The Morgan fingerprint density at radius 2 is 0.767 bits per heavy atom. The third kappa shape index (κ3) is 5.28. The molecule has 0 spiro atoms. The van der Waals surface area contributed by atoms with Crippen LogP contribution < -0.4 is 24.8 Å². The van der Waals surface area contributed by atoms with Crippen molar-refractivity contribution in [1.29, 1.82) is 0 Å². The number of para-hydroxylation sites is 4. The number of fused-ring (bicyclic) bond motifs is 6. The Kier molecular flexibility index (Phi) is 9.79. The molecule has 0 N–H and O–H groups in total. The van der Waals surface area contributed by atoms with Crippen molar-refractivity contribution in [3.8, 4) is 11.4 Å². The van der Waals surface area contributed by atoms with Crippen molar-refractivity contribution in [3.63, 3.8) is 0 Å². The Hall–Kier alpha value is -3.53. The molecule has 0 aliphatic heterocycles. The smallest absolute Gasteiger partial charge is 1.00 e. The van der Waals surface area contributed by atoms with Gasteiger partial charge in [-0.05, 0) is 36.4 Å². The number of aryl methyl sites for hydroxylation is 4. The van der Waals surface area contributed by atoms with Crippen LogP contribution in [0.1, 0.15) is 22.3 Å². The van der Waals surface area contributed by atoms with Crippen LogP contribution in [0.3, 0.4) is 0 Å². The van der Waals surface area contributed by atoms with Gasteiger partial charge in [-0.2, -0.15) is 0 Å². The van der Waals surface area contributed by atoms with Gasteiger partial charge in [0.15, 0.2) is 0 Å². The molecule has 0 unspecified atom stereocenters. The van der Waals surface area contributed by atoms with Gasteiger partial charge in [-0.3, -0.25) is 0 Å². The first kappa shape index (κ1) is 32.4. The molecule has 0 bridgehead atoms. The molecule has 2 aromatic heterocycles. The molecule has 212 valence electrons. The van der Waals surface area contributed by atoms with Crippen LogP contribution in [0.5, 0.6) is 0 Å². The largest absolute Gasteiger partial charge is 4.00 e. The molecule has 8 rings (SSSR count). The van der Waals surface area contributed by atoms with E-state index in [1.165, 1.54) is 77.2 Å². The van der Waals surface area contributed by atoms with Gasteiger partial charge in [0.1, 0.15) is 0 Å². The fourth-order valence-electron chi connectivity index (χ4n) is 6.27. The van der Waals surface area contributed by atoms with Gasteiger partial charge in [-0.15, -0.1) is 45.2 Å². The fraction of sp³-hybridized carbons (Fsp3) is 0.105. The fourth-order valence-corrected chi connectivity index (χ4v) is 6.27. The van der Waals surface area contributed by atoms with Crippen molar-refractivity contribution in [2.75, 3.05) is 0 Å². The SMILES string of the molecule is Cc1[cH-]c2c3ccccc3n(-c3ccccc3)c2c1C.Cc1[cH-]c2c3ccccc3n(-c3ccccc3)c2c1C.[Cl-].[Cl-].[Ti+4]. The van der Waals surface area contributed by atoms with Crippen molar-refractivity contribution in [3.05, 3.63) is 144 Å². The summed E-state index contributed by atoms with van der Waals surface area (Å²) in [4.78, 5) is 0. The van der Waals surface area contributed by atoms with Crippen LogP contribution in [-0.4, -0.2) is 9.13 Å². The van der Waals surface area contributed by atoms with Crippen LogP contribution in [0, 0.1) is 27.7 Å². The van der Waals surface area contributed by atoms with E-state index >= 15 is 0 Å². The summed E-state index contributed by atoms with van der Waals surface area (Å²) in [6, 6.07) is 43.2. The standard InChI is InChI=1S/2C19H16N.2ClH.Ti/c2*1-13-12-17-16-10-6-7-11-18(16)20(19(17)14(13)2)15-8-4-3-5-9-15;;;/h2*3-12H,1-2H3;2*1H;/q2*-1;;;+4/p-2. The molecule has 0 aliphatic rings. The van der Waals surface area contributed by atoms with Crippen molar-refractivity contribution in [2.24, 2.45) is 0 Å². The van der Waals surface area contributed by atoms with Crippen LogP contribution in [-0.2, 0) is 21.7 Å². The average Bonchev–Trinajstić information content (AvgIpc) is 3.68. The minimum absolute atomic E-state index is 0. The summed E-state index contributed by atoms with van der Waals surface area (Å²) < 4.78 is 4.76. The molecule has 0 atom stereocenters. The summed E-state index contributed by atoms with van der Waals surface area (Å²) in [6.45, 7) is 8.82. The second kappa shape index (κ2) is 13.0. The summed E-state index contributed by atoms with van der Waals surface area (Å²) in [5.74, 6) is 0. The molecule has 0 saturated heterocycles. The Bertz CT molecular complexity index is 1990. The summed E-state index contributed by atoms with van der Waals surface area (Å²) >= 11 is 0. The molecular formula is C38H32Cl2N2Ti. The molecule has 0 radical (unpaired) electrons. The van der Waals surface area contributed by atoms with Crippen LogP contribution in [0.15, 0.2) is 121 Å². The van der Waals surface area contributed by atoms with E-state index in [0.717, 1.165) is 0 Å². The zero-order chi connectivity index (χ0) is 27.4. The van der Waals surface area contributed by atoms with Gasteiger partial charge >= 0.3 is 21.7 Å². The number of nitrogens with zero attached hydrogens (tertiary/aromatic N) is 2. The number of benzene rings is 4. The Morgan fingerprint density at radius 3 is 1.14 bits per heavy atom. The minimum atomic E-state index is 0. The maximum absolute atomic E-state index is 2.38. The number of hydrogen-bond acceptors (Lipinski definition) is 0. The van der Waals surface area contributed by atoms with Gasteiger partial charge in [-0.1, -0.05) is 122 Å². The first-order chi connectivity index (χ1) is 19.5. The van der Waals surface area contributed by atoms with E-state index in [2.05, 4.69) is 158 Å². The van der Waals surface area contributed by atoms with E-state index in [1.807, 2.05) is 0 Å². The molecule has 0 aliphatic carbocycles. The Balaban J connectivity index is 0.000000184. The van der Waals surface area contributed by atoms with Crippen molar-refractivity contribution < 1.29 is 46.5 Å². The van der Waals surface area contributed by atoms with Gasteiger partial charge < -0.3 is 33.9 Å². The number of aromatic nitrogens is 2. The maximum Gasteiger partial charge on any atom is 4.00 e. The van der Waals surface area contributed by atoms with E-state index in [4.69, 9.17) is 0 Å². The quantitative estimate of drug-likeness (QED) is 0.199. The second-order valence-electron chi connectivity index (χ2n) is 10.8. The zero-order valence-corrected chi connectivity index (χ0v) is 27.8. The van der Waals surface area contributed by atoms with Crippen LogP contribution in [0.4, 0.5) is 0 Å². The molecule has 8 aromatic rings. The van der Waals surface area contributed by atoms with E-state index in [9.17, 15) is 0 Å². The Morgan fingerprint density at radius 1 is 0.442 bits per heavy atom. The topological polar surface area (TPSA) is 9.86 Å². The molecule has 0 saturated carbocycles. The van der Waals surface area contributed by atoms with E-state index in [1.54, 1.807) is 0 Å². The van der Waals surface area contributed by atoms with E-state index < -0.39 is 0 Å². The zero-order valence-electron chi connectivity index (χ0n) is 24.7. The molecule has 2 heterocycles. The summed E-state index contributed by atoms with van der Waals surface area (Å²) in [5, 5.41) is 5.39. The predicted molar refractivity (Wildman–Crippen MR) is 172 cm³/mol. The van der Waals surface area contributed by atoms with Crippen LogP contribution in [0.25, 0.3) is 55.0 Å². The summed E-state index contributed by atoms with van der Waals surface area (Å²) in [7, 11) is 0. The molecule has 43 heavy (non-hydrogen) atoms. The van der Waals surface area contributed by atoms with E-state index in [0.29, 0.717) is 0 Å². The molecule has 2 nitrogen and oxygen atoms in total. The normalized spacial score (nSPS) is 10.7. The van der Waals surface area contributed by atoms with Crippen molar-refractivity contribution in [1.82, 2.24) is 9.13 Å².